The maximum atomic E-state index is 5.11. The lowest BCUT2D eigenvalue weighted by Crippen LogP contribution is -2.30. The summed E-state index contributed by atoms with van der Waals surface area (Å²) < 4.78 is 10.1. The van der Waals surface area contributed by atoms with Gasteiger partial charge >= 0.3 is 0 Å². The van der Waals surface area contributed by atoms with Crippen LogP contribution in [0.25, 0.3) is 0 Å². The van der Waals surface area contributed by atoms with Crippen LogP contribution in [0.2, 0.25) is 0 Å². The zero-order valence-corrected chi connectivity index (χ0v) is 11.5. The van der Waals surface area contributed by atoms with E-state index in [1.54, 1.807) is 14.2 Å². The van der Waals surface area contributed by atoms with Crippen molar-refractivity contribution in [2.24, 2.45) is 0 Å². The number of pyridine rings is 1. The summed E-state index contributed by atoms with van der Waals surface area (Å²) in [5, 5.41) is 3.31. The number of rotatable bonds is 9. The Morgan fingerprint density at radius 1 is 1.28 bits per heavy atom. The second-order valence-corrected chi connectivity index (χ2v) is 4.15. The summed E-state index contributed by atoms with van der Waals surface area (Å²) >= 11 is 0. The molecular formula is C13H23N3O2. The molecule has 0 spiro atoms. The summed E-state index contributed by atoms with van der Waals surface area (Å²) in [5.41, 5.74) is 1.02. The minimum Gasteiger partial charge on any atom is -0.481 e. The Hall–Kier alpha value is -1.17. The molecule has 102 valence electrons. The Balaban J connectivity index is 2.24. The van der Waals surface area contributed by atoms with Gasteiger partial charge < -0.3 is 14.8 Å². The van der Waals surface area contributed by atoms with Crippen LogP contribution in [0.4, 0.5) is 0 Å². The molecule has 0 bridgehead atoms. The molecular weight excluding hydrogens is 230 g/mol. The van der Waals surface area contributed by atoms with E-state index in [1.807, 2.05) is 18.2 Å². The molecule has 1 aromatic rings. The Bertz CT molecular complexity index is 334. The third-order valence-electron chi connectivity index (χ3n) is 2.58. The van der Waals surface area contributed by atoms with Gasteiger partial charge in [-0.15, -0.1) is 0 Å². The van der Waals surface area contributed by atoms with Crippen LogP contribution < -0.4 is 10.1 Å². The number of nitrogens with one attached hydrogen (secondary N) is 1. The predicted octanol–water partition coefficient (Wildman–Crippen LogP) is 0.758. The van der Waals surface area contributed by atoms with Crippen LogP contribution in [-0.2, 0) is 11.3 Å². The molecule has 5 nitrogen and oxygen atoms in total. The van der Waals surface area contributed by atoms with E-state index in [1.165, 1.54) is 0 Å². The Morgan fingerprint density at radius 3 is 2.83 bits per heavy atom. The Labute approximate surface area is 109 Å². The summed E-state index contributed by atoms with van der Waals surface area (Å²) in [6.45, 7) is 4.39. The van der Waals surface area contributed by atoms with E-state index in [-0.39, 0.29) is 0 Å². The molecule has 0 aliphatic rings. The van der Waals surface area contributed by atoms with Crippen molar-refractivity contribution in [3.63, 3.8) is 0 Å². The highest BCUT2D eigenvalue weighted by molar-refractivity contribution is 5.15. The van der Waals surface area contributed by atoms with Crippen molar-refractivity contribution in [3.05, 3.63) is 23.9 Å². The maximum Gasteiger partial charge on any atom is 0.213 e. The van der Waals surface area contributed by atoms with Gasteiger partial charge in [0, 0.05) is 39.4 Å². The number of ether oxygens (including phenoxy) is 2. The van der Waals surface area contributed by atoms with Crippen molar-refractivity contribution in [1.29, 1.82) is 0 Å². The number of nitrogens with zero attached hydrogens (tertiary/aromatic N) is 2. The average molecular weight is 253 g/mol. The van der Waals surface area contributed by atoms with Crippen LogP contribution in [0.15, 0.2) is 18.2 Å². The quantitative estimate of drug-likeness (QED) is 0.658. The maximum absolute atomic E-state index is 5.11. The van der Waals surface area contributed by atoms with E-state index in [4.69, 9.17) is 9.47 Å². The van der Waals surface area contributed by atoms with E-state index in [9.17, 15) is 0 Å². The van der Waals surface area contributed by atoms with Crippen molar-refractivity contribution in [2.75, 3.05) is 47.5 Å². The molecule has 1 rings (SSSR count). The van der Waals surface area contributed by atoms with Gasteiger partial charge in [0.1, 0.15) is 0 Å². The average Bonchev–Trinajstić information content (AvgIpc) is 2.38. The monoisotopic (exact) mass is 253 g/mol. The van der Waals surface area contributed by atoms with Gasteiger partial charge in [-0.1, -0.05) is 6.07 Å². The first kappa shape index (κ1) is 14.9. The van der Waals surface area contributed by atoms with Gasteiger partial charge in [-0.25, -0.2) is 4.98 Å². The highest BCUT2D eigenvalue weighted by atomic mass is 16.5. The van der Waals surface area contributed by atoms with E-state index < -0.39 is 0 Å². The van der Waals surface area contributed by atoms with Gasteiger partial charge in [0.15, 0.2) is 0 Å². The third kappa shape index (κ3) is 5.95. The van der Waals surface area contributed by atoms with E-state index in [2.05, 4.69) is 22.2 Å². The van der Waals surface area contributed by atoms with Crippen LogP contribution in [0.5, 0.6) is 5.88 Å². The van der Waals surface area contributed by atoms with Crippen LogP contribution >= 0.6 is 0 Å². The standard InChI is InChI=1S/C13H23N3O2/c1-16(9-7-14-8-10-17-2)11-12-5-4-6-13(15-12)18-3/h4-6,14H,7-11H2,1-3H3. The van der Waals surface area contributed by atoms with Crippen molar-refractivity contribution in [2.45, 2.75) is 6.54 Å². The van der Waals surface area contributed by atoms with Gasteiger partial charge in [0.2, 0.25) is 5.88 Å². The summed E-state index contributed by atoms with van der Waals surface area (Å²) in [6, 6.07) is 5.83. The first-order valence-electron chi connectivity index (χ1n) is 6.14. The molecule has 0 aliphatic heterocycles. The molecule has 0 amide bonds. The SMILES string of the molecule is COCCNCCN(C)Cc1cccc(OC)n1. The van der Waals surface area contributed by atoms with Crippen LogP contribution in [-0.4, -0.2) is 57.4 Å². The second kappa shape index (κ2) is 8.85. The molecule has 0 saturated heterocycles. The summed E-state index contributed by atoms with van der Waals surface area (Å²) in [6.07, 6.45) is 0. The lowest BCUT2D eigenvalue weighted by molar-refractivity contribution is 0.197. The normalized spacial score (nSPS) is 10.9. The highest BCUT2D eigenvalue weighted by Gasteiger charge is 2.02. The lowest BCUT2D eigenvalue weighted by Gasteiger charge is -2.16. The fourth-order valence-corrected chi connectivity index (χ4v) is 1.58. The number of hydrogen-bond donors (Lipinski definition) is 1. The van der Waals surface area contributed by atoms with Gasteiger partial charge in [0.05, 0.1) is 19.4 Å². The molecule has 1 heterocycles. The molecule has 1 N–H and O–H groups in total. The number of methoxy groups -OCH3 is 2. The molecule has 0 aliphatic carbocycles. The fourth-order valence-electron chi connectivity index (χ4n) is 1.58. The Kier molecular flexibility index (Phi) is 7.32. The number of likely N-dealkylation sites (N-methyl/N-ethyl adjacent to an activating group) is 1. The van der Waals surface area contributed by atoms with Gasteiger partial charge in [-0.2, -0.15) is 0 Å². The Morgan fingerprint density at radius 2 is 2.11 bits per heavy atom. The van der Waals surface area contributed by atoms with E-state index in [0.717, 1.165) is 38.5 Å². The van der Waals surface area contributed by atoms with Crippen LogP contribution in [0.1, 0.15) is 5.69 Å². The number of hydrogen-bond acceptors (Lipinski definition) is 5. The first-order chi connectivity index (χ1) is 8.76. The van der Waals surface area contributed by atoms with E-state index >= 15 is 0 Å². The largest absolute Gasteiger partial charge is 0.481 e. The van der Waals surface area contributed by atoms with Crippen molar-refractivity contribution in [1.82, 2.24) is 15.2 Å². The predicted molar refractivity (Wildman–Crippen MR) is 71.9 cm³/mol. The minimum atomic E-state index is 0.666. The molecule has 0 unspecified atom stereocenters. The summed E-state index contributed by atoms with van der Waals surface area (Å²) in [5.74, 6) is 0.666. The zero-order valence-electron chi connectivity index (χ0n) is 11.5. The van der Waals surface area contributed by atoms with Crippen LogP contribution in [0.3, 0.4) is 0 Å². The molecule has 0 fully saturated rings. The molecule has 18 heavy (non-hydrogen) atoms. The highest BCUT2D eigenvalue weighted by Crippen LogP contribution is 2.07. The molecule has 0 radical (unpaired) electrons. The summed E-state index contributed by atoms with van der Waals surface area (Å²) in [7, 11) is 5.43. The molecule has 0 atom stereocenters. The van der Waals surface area contributed by atoms with Crippen molar-refractivity contribution in [3.8, 4) is 5.88 Å². The topological polar surface area (TPSA) is 46.6 Å². The van der Waals surface area contributed by atoms with Gasteiger partial charge in [-0.3, -0.25) is 4.90 Å². The number of aromatic nitrogens is 1. The molecule has 0 aromatic carbocycles. The molecule has 1 aromatic heterocycles. The van der Waals surface area contributed by atoms with Crippen molar-refractivity contribution < 1.29 is 9.47 Å². The van der Waals surface area contributed by atoms with Crippen LogP contribution in [0, 0.1) is 0 Å². The van der Waals surface area contributed by atoms with E-state index in [0.29, 0.717) is 5.88 Å². The van der Waals surface area contributed by atoms with Gasteiger partial charge in [0.25, 0.3) is 0 Å². The minimum absolute atomic E-state index is 0.666. The second-order valence-electron chi connectivity index (χ2n) is 4.15. The molecule has 0 saturated carbocycles. The smallest absolute Gasteiger partial charge is 0.213 e. The van der Waals surface area contributed by atoms with Crippen molar-refractivity contribution >= 4 is 0 Å². The lowest BCUT2D eigenvalue weighted by atomic mass is 10.3. The first-order valence-corrected chi connectivity index (χ1v) is 6.14. The summed E-state index contributed by atoms with van der Waals surface area (Å²) in [4.78, 5) is 6.61. The van der Waals surface area contributed by atoms with Gasteiger partial charge in [-0.05, 0) is 13.1 Å². The third-order valence-corrected chi connectivity index (χ3v) is 2.58. The molecule has 5 heteroatoms. The zero-order chi connectivity index (χ0) is 13.2. The fraction of sp³-hybridized carbons (Fsp3) is 0.615.